The number of nitrogens with one attached hydrogen (secondary N) is 1. The number of thiocarbonyl (C=S) groups is 1. The van der Waals surface area contributed by atoms with Crippen molar-refractivity contribution < 1.29 is 0 Å². The van der Waals surface area contributed by atoms with Gasteiger partial charge in [0.1, 0.15) is 0 Å². The Morgan fingerprint density at radius 2 is 2.00 bits per heavy atom. The summed E-state index contributed by atoms with van der Waals surface area (Å²) in [4.78, 5) is 2.27. The quantitative estimate of drug-likeness (QED) is 0.601. The molecule has 64 valence electrons. The maximum Gasteiger partial charge on any atom is 0.168 e. The molecule has 11 heavy (non-hydrogen) atoms. The Hall–Kier alpha value is -0.310. The highest BCUT2D eigenvalue weighted by Gasteiger charge is 2.11. The minimum Gasteiger partial charge on any atom is -0.363 e. The summed E-state index contributed by atoms with van der Waals surface area (Å²) in [7, 11) is 0. The summed E-state index contributed by atoms with van der Waals surface area (Å²) in [5.74, 6) is 0. The molecule has 2 nitrogen and oxygen atoms in total. The van der Waals surface area contributed by atoms with E-state index in [1.807, 2.05) is 0 Å². The topological polar surface area (TPSA) is 15.3 Å². The molecule has 0 radical (unpaired) electrons. The van der Waals surface area contributed by atoms with E-state index in [-0.39, 0.29) is 0 Å². The van der Waals surface area contributed by atoms with Crippen LogP contribution in [0, 0.1) is 0 Å². The van der Waals surface area contributed by atoms with Crippen molar-refractivity contribution in [2.45, 2.75) is 26.2 Å². The van der Waals surface area contributed by atoms with Crippen molar-refractivity contribution in [2.24, 2.45) is 0 Å². The molecule has 1 aliphatic heterocycles. The number of hydrogen-bond donors (Lipinski definition) is 1. The zero-order valence-corrected chi connectivity index (χ0v) is 7.91. The number of piperidine rings is 1. The highest BCUT2D eigenvalue weighted by Crippen LogP contribution is 2.08. The number of likely N-dealkylation sites (tertiary alicyclic amines) is 1. The van der Waals surface area contributed by atoms with Gasteiger partial charge in [0, 0.05) is 19.6 Å². The van der Waals surface area contributed by atoms with Gasteiger partial charge in [-0.25, -0.2) is 0 Å². The van der Waals surface area contributed by atoms with Crippen LogP contribution in [0.2, 0.25) is 0 Å². The third kappa shape index (κ3) is 2.66. The zero-order valence-electron chi connectivity index (χ0n) is 7.10. The second-order valence-electron chi connectivity index (χ2n) is 2.88. The Morgan fingerprint density at radius 3 is 2.55 bits per heavy atom. The van der Waals surface area contributed by atoms with E-state index < -0.39 is 0 Å². The average Bonchev–Trinajstić information content (AvgIpc) is 2.07. The van der Waals surface area contributed by atoms with Gasteiger partial charge in [0.2, 0.25) is 0 Å². The minimum atomic E-state index is 0.937. The van der Waals surface area contributed by atoms with Gasteiger partial charge in [-0.2, -0.15) is 0 Å². The SMILES string of the molecule is CCNC(=S)N1CCCCC1. The van der Waals surface area contributed by atoms with Crippen LogP contribution in [-0.2, 0) is 0 Å². The molecule has 1 aliphatic rings. The van der Waals surface area contributed by atoms with Crippen LogP contribution in [0.4, 0.5) is 0 Å². The fourth-order valence-electron chi connectivity index (χ4n) is 1.36. The highest BCUT2D eigenvalue weighted by molar-refractivity contribution is 7.80. The largest absolute Gasteiger partial charge is 0.363 e. The van der Waals surface area contributed by atoms with Crippen LogP contribution in [-0.4, -0.2) is 29.6 Å². The van der Waals surface area contributed by atoms with E-state index in [1.54, 1.807) is 0 Å². The molecule has 0 amide bonds. The average molecular weight is 172 g/mol. The normalized spacial score (nSPS) is 18.1. The van der Waals surface area contributed by atoms with Crippen molar-refractivity contribution in [2.75, 3.05) is 19.6 Å². The predicted molar refractivity (Wildman–Crippen MR) is 51.7 cm³/mol. The summed E-state index contributed by atoms with van der Waals surface area (Å²) in [6.07, 6.45) is 3.96. The van der Waals surface area contributed by atoms with E-state index in [9.17, 15) is 0 Å². The minimum absolute atomic E-state index is 0.937. The van der Waals surface area contributed by atoms with Gasteiger partial charge in [0.15, 0.2) is 5.11 Å². The third-order valence-electron chi connectivity index (χ3n) is 1.97. The van der Waals surface area contributed by atoms with E-state index in [1.165, 1.54) is 19.3 Å². The van der Waals surface area contributed by atoms with Gasteiger partial charge < -0.3 is 10.2 Å². The van der Waals surface area contributed by atoms with E-state index in [4.69, 9.17) is 12.2 Å². The maximum absolute atomic E-state index is 5.19. The van der Waals surface area contributed by atoms with Crippen molar-refractivity contribution in [3.05, 3.63) is 0 Å². The molecular weight excluding hydrogens is 156 g/mol. The molecule has 0 saturated carbocycles. The fraction of sp³-hybridized carbons (Fsp3) is 0.875. The summed E-state index contributed by atoms with van der Waals surface area (Å²) in [5, 5.41) is 4.11. The van der Waals surface area contributed by atoms with E-state index in [2.05, 4.69) is 17.1 Å². The summed E-state index contributed by atoms with van der Waals surface area (Å²) in [6, 6.07) is 0. The van der Waals surface area contributed by atoms with Crippen LogP contribution in [0.1, 0.15) is 26.2 Å². The number of rotatable bonds is 1. The van der Waals surface area contributed by atoms with Gasteiger partial charge in [-0.05, 0) is 38.4 Å². The van der Waals surface area contributed by atoms with Gasteiger partial charge in [-0.1, -0.05) is 0 Å². The van der Waals surface area contributed by atoms with Gasteiger partial charge in [0.25, 0.3) is 0 Å². The van der Waals surface area contributed by atoms with Crippen molar-refractivity contribution in [1.82, 2.24) is 10.2 Å². The van der Waals surface area contributed by atoms with Gasteiger partial charge in [0.05, 0.1) is 0 Å². The lowest BCUT2D eigenvalue weighted by atomic mass is 10.1. The first kappa shape index (κ1) is 8.78. The highest BCUT2D eigenvalue weighted by atomic mass is 32.1. The Balaban J connectivity index is 2.27. The summed E-state index contributed by atoms with van der Waals surface area (Å²) in [5.41, 5.74) is 0. The second-order valence-corrected chi connectivity index (χ2v) is 3.27. The molecule has 1 rings (SSSR count). The van der Waals surface area contributed by atoms with Gasteiger partial charge in [-0.3, -0.25) is 0 Å². The standard InChI is InChI=1S/C8H16N2S/c1-2-9-8(11)10-6-4-3-5-7-10/h2-7H2,1H3,(H,9,11). The maximum atomic E-state index is 5.19. The van der Waals surface area contributed by atoms with Crippen LogP contribution < -0.4 is 5.32 Å². The molecule has 0 aromatic carbocycles. The van der Waals surface area contributed by atoms with Crippen molar-refractivity contribution >= 4 is 17.3 Å². The van der Waals surface area contributed by atoms with E-state index in [0.29, 0.717) is 0 Å². The number of nitrogens with zero attached hydrogens (tertiary/aromatic N) is 1. The van der Waals surface area contributed by atoms with Gasteiger partial charge >= 0.3 is 0 Å². The second kappa shape index (κ2) is 4.54. The van der Waals surface area contributed by atoms with Crippen molar-refractivity contribution in [1.29, 1.82) is 0 Å². The van der Waals surface area contributed by atoms with Crippen LogP contribution in [0.15, 0.2) is 0 Å². The molecule has 0 spiro atoms. The molecule has 0 atom stereocenters. The van der Waals surface area contributed by atoms with Gasteiger partial charge in [-0.15, -0.1) is 0 Å². The smallest absolute Gasteiger partial charge is 0.168 e. The Kier molecular flexibility index (Phi) is 3.63. The lowest BCUT2D eigenvalue weighted by molar-refractivity contribution is 0.338. The first-order chi connectivity index (χ1) is 5.34. The molecule has 0 aliphatic carbocycles. The summed E-state index contributed by atoms with van der Waals surface area (Å²) in [6.45, 7) is 5.31. The molecule has 0 aromatic heterocycles. The van der Waals surface area contributed by atoms with E-state index >= 15 is 0 Å². The lowest BCUT2D eigenvalue weighted by Gasteiger charge is -2.29. The molecule has 3 heteroatoms. The van der Waals surface area contributed by atoms with Crippen molar-refractivity contribution in [3.63, 3.8) is 0 Å². The van der Waals surface area contributed by atoms with Crippen LogP contribution in [0.25, 0.3) is 0 Å². The molecule has 1 fully saturated rings. The van der Waals surface area contributed by atoms with Crippen LogP contribution in [0.5, 0.6) is 0 Å². The fourth-order valence-corrected chi connectivity index (χ4v) is 1.69. The third-order valence-corrected chi connectivity index (χ3v) is 2.37. The Bertz CT molecular complexity index is 130. The zero-order chi connectivity index (χ0) is 8.10. The summed E-state index contributed by atoms with van der Waals surface area (Å²) >= 11 is 5.19. The molecule has 1 heterocycles. The molecule has 0 aromatic rings. The van der Waals surface area contributed by atoms with Crippen LogP contribution >= 0.6 is 12.2 Å². The van der Waals surface area contributed by atoms with E-state index in [0.717, 1.165) is 24.7 Å². The van der Waals surface area contributed by atoms with Crippen molar-refractivity contribution in [3.8, 4) is 0 Å². The lowest BCUT2D eigenvalue weighted by Crippen LogP contribution is -2.42. The molecule has 1 saturated heterocycles. The Labute approximate surface area is 74.0 Å². The monoisotopic (exact) mass is 172 g/mol. The molecule has 0 bridgehead atoms. The first-order valence-corrected chi connectivity index (χ1v) is 4.78. The molecule has 1 N–H and O–H groups in total. The predicted octanol–water partition coefficient (Wildman–Crippen LogP) is 1.37. The Morgan fingerprint density at radius 1 is 1.36 bits per heavy atom. The van der Waals surface area contributed by atoms with Crippen LogP contribution in [0.3, 0.4) is 0 Å². The number of hydrogen-bond acceptors (Lipinski definition) is 1. The molecular formula is C8H16N2S. The molecule has 0 unspecified atom stereocenters. The summed E-state index contributed by atoms with van der Waals surface area (Å²) < 4.78 is 0. The first-order valence-electron chi connectivity index (χ1n) is 4.37.